The number of halogens is 1. The van der Waals surface area contributed by atoms with E-state index in [0.717, 1.165) is 41.3 Å². The molecule has 0 bridgehead atoms. The van der Waals surface area contributed by atoms with E-state index in [1.54, 1.807) is 17.4 Å². The second-order valence-corrected chi connectivity index (χ2v) is 5.91. The molecule has 1 saturated heterocycles. The standard InChI is InChI=1S/C14H17FN2OS/c1-2-12-9(5-6-18-12)8-16-14-17-11-7-10(15)3-4-13(11)19-14/h3-4,7,9,12H,2,5-6,8H2,1H3,(H,16,17). The number of aromatic nitrogens is 1. The van der Waals surface area contributed by atoms with Crippen molar-refractivity contribution in [1.29, 1.82) is 0 Å². The number of thiazole rings is 1. The predicted molar refractivity (Wildman–Crippen MR) is 76.2 cm³/mol. The molecule has 3 nitrogen and oxygen atoms in total. The van der Waals surface area contributed by atoms with Gasteiger partial charge in [-0.25, -0.2) is 9.37 Å². The van der Waals surface area contributed by atoms with Gasteiger partial charge in [-0.15, -0.1) is 0 Å². The quantitative estimate of drug-likeness (QED) is 0.928. The monoisotopic (exact) mass is 280 g/mol. The van der Waals surface area contributed by atoms with Gasteiger partial charge in [0.15, 0.2) is 5.13 Å². The molecule has 1 aliphatic heterocycles. The minimum atomic E-state index is -0.236. The van der Waals surface area contributed by atoms with E-state index in [0.29, 0.717) is 12.0 Å². The number of ether oxygens (including phenoxy) is 1. The average Bonchev–Trinajstić information content (AvgIpc) is 3.01. The molecule has 1 aliphatic rings. The molecule has 1 fully saturated rings. The maximum absolute atomic E-state index is 13.1. The van der Waals surface area contributed by atoms with E-state index in [9.17, 15) is 4.39 Å². The number of rotatable bonds is 4. The number of anilines is 1. The molecule has 1 aromatic heterocycles. The first-order chi connectivity index (χ1) is 9.26. The summed E-state index contributed by atoms with van der Waals surface area (Å²) in [6, 6.07) is 4.73. The van der Waals surface area contributed by atoms with Crippen molar-refractivity contribution < 1.29 is 9.13 Å². The number of benzene rings is 1. The number of fused-ring (bicyclic) bond motifs is 1. The lowest BCUT2D eigenvalue weighted by Gasteiger charge is -2.16. The van der Waals surface area contributed by atoms with Crippen molar-refractivity contribution in [2.45, 2.75) is 25.9 Å². The molecule has 19 heavy (non-hydrogen) atoms. The first kappa shape index (κ1) is 12.8. The largest absolute Gasteiger partial charge is 0.378 e. The second-order valence-electron chi connectivity index (χ2n) is 4.88. The minimum absolute atomic E-state index is 0.236. The van der Waals surface area contributed by atoms with E-state index in [1.807, 2.05) is 0 Å². The van der Waals surface area contributed by atoms with Crippen LogP contribution in [-0.4, -0.2) is 24.2 Å². The van der Waals surface area contributed by atoms with Crippen molar-refractivity contribution >= 4 is 26.7 Å². The third-order valence-electron chi connectivity index (χ3n) is 3.61. The van der Waals surface area contributed by atoms with E-state index >= 15 is 0 Å². The van der Waals surface area contributed by atoms with Crippen LogP contribution in [0.25, 0.3) is 10.2 Å². The molecule has 2 aromatic rings. The topological polar surface area (TPSA) is 34.1 Å². The van der Waals surface area contributed by atoms with Gasteiger partial charge in [-0.2, -0.15) is 0 Å². The molecule has 5 heteroatoms. The van der Waals surface area contributed by atoms with Crippen LogP contribution in [0.2, 0.25) is 0 Å². The van der Waals surface area contributed by atoms with Crippen molar-refractivity contribution in [2.75, 3.05) is 18.5 Å². The second kappa shape index (κ2) is 5.43. The van der Waals surface area contributed by atoms with Crippen LogP contribution in [0.5, 0.6) is 0 Å². The van der Waals surface area contributed by atoms with Crippen LogP contribution in [-0.2, 0) is 4.74 Å². The van der Waals surface area contributed by atoms with E-state index in [-0.39, 0.29) is 5.82 Å². The lowest BCUT2D eigenvalue weighted by Crippen LogP contribution is -2.22. The molecule has 2 atom stereocenters. The smallest absolute Gasteiger partial charge is 0.183 e. The van der Waals surface area contributed by atoms with Crippen LogP contribution in [0.3, 0.4) is 0 Å². The SMILES string of the molecule is CCC1OCCC1CNc1nc2cc(F)ccc2s1. The predicted octanol–water partition coefficient (Wildman–Crippen LogP) is 3.66. The van der Waals surface area contributed by atoms with Crippen molar-refractivity contribution in [1.82, 2.24) is 4.98 Å². The van der Waals surface area contributed by atoms with Gasteiger partial charge in [-0.1, -0.05) is 18.3 Å². The summed E-state index contributed by atoms with van der Waals surface area (Å²) in [4.78, 5) is 4.41. The molecule has 0 spiro atoms. The molecule has 0 amide bonds. The highest BCUT2D eigenvalue weighted by Crippen LogP contribution is 2.28. The summed E-state index contributed by atoms with van der Waals surface area (Å²) < 4.78 is 19.8. The Morgan fingerprint density at radius 1 is 1.53 bits per heavy atom. The van der Waals surface area contributed by atoms with Crippen molar-refractivity contribution in [3.8, 4) is 0 Å². The summed E-state index contributed by atoms with van der Waals surface area (Å²) in [5.74, 6) is 0.313. The zero-order valence-electron chi connectivity index (χ0n) is 10.9. The summed E-state index contributed by atoms with van der Waals surface area (Å²) in [5.41, 5.74) is 0.724. The van der Waals surface area contributed by atoms with Crippen LogP contribution >= 0.6 is 11.3 Å². The number of nitrogens with zero attached hydrogens (tertiary/aromatic N) is 1. The van der Waals surface area contributed by atoms with Gasteiger partial charge < -0.3 is 10.1 Å². The Hall–Kier alpha value is -1.20. The number of hydrogen-bond donors (Lipinski definition) is 1. The Balaban J connectivity index is 1.68. The maximum Gasteiger partial charge on any atom is 0.183 e. The van der Waals surface area contributed by atoms with Gasteiger partial charge in [0.1, 0.15) is 5.82 Å². The Bertz CT molecular complexity index is 572. The Kier molecular flexibility index (Phi) is 3.66. The van der Waals surface area contributed by atoms with Crippen LogP contribution in [0, 0.1) is 11.7 Å². The highest BCUT2D eigenvalue weighted by atomic mass is 32.1. The third kappa shape index (κ3) is 2.72. The van der Waals surface area contributed by atoms with Crippen LogP contribution < -0.4 is 5.32 Å². The van der Waals surface area contributed by atoms with Gasteiger partial charge in [0, 0.05) is 25.1 Å². The highest BCUT2D eigenvalue weighted by molar-refractivity contribution is 7.22. The van der Waals surface area contributed by atoms with E-state index < -0.39 is 0 Å². The lowest BCUT2D eigenvalue weighted by atomic mass is 10.00. The van der Waals surface area contributed by atoms with Crippen molar-refractivity contribution in [3.63, 3.8) is 0 Å². The third-order valence-corrected chi connectivity index (χ3v) is 4.61. The van der Waals surface area contributed by atoms with Gasteiger partial charge in [0.05, 0.1) is 16.3 Å². The number of nitrogens with one attached hydrogen (secondary N) is 1. The maximum atomic E-state index is 13.1. The molecule has 0 aliphatic carbocycles. The Labute approximate surface area is 115 Å². The Morgan fingerprint density at radius 3 is 3.26 bits per heavy atom. The normalized spacial score (nSPS) is 23.1. The average molecular weight is 280 g/mol. The minimum Gasteiger partial charge on any atom is -0.378 e. The summed E-state index contributed by atoms with van der Waals surface area (Å²) >= 11 is 1.57. The fraction of sp³-hybridized carbons (Fsp3) is 0.500. The van der Waals surface area contributed by atoms with Gasteiger partial charge in [0.25, 0.3) is 0 Å². The van der Waals surface area contributed by atoms with E-state index in [1.165, 1.54) is 12.1 Å². The Morgan fingerprint density at radius 2 is 2.42 bits per heavy atom. The molecule has 0 radical (unpaired) electrons. The highest BCUT2D eigenvalue weighted by Gasteiger charge is 2.26. The summed E-state index contributed by atoms with van der Waals surface area (Å²) in [6.07, 6.45) is 2.52. The zero-order chi connectivity index (χ0) is 13.2. The van der Waals surface area contributed by atoms with Crippen molar-refractivity contribution in [3.05, 3.63) is 24.0 Å². The molecular formula is C14H17FN2OS. The van der Waals surface area contributed by atoms with Crippen LogP contribution in [0.15, 0.2) is 18.2 Å². The molecular weight excluding hydrogens is 263 g/mol. The molecule has 1 N–H and O–H groups in total. The van der Waals surface area contributed by atoms with E-state index in [4.69, 9.17) is 4.74 Å². The summed E-state index contributed by atoms with van der Waals surface area (Å²) in [6.45, 7) is 3.89. The molecule has 3 rings (SSSR count). The molecule has 2 heterocycles. The van der Waals surface area contributed by atoms with Gasteiger partial charge in [-0.3, -0.25) is 0 Å². The fourth-order valence-corrected chi connectivity index (χ4v) is 3.43. The first-order valence-electron chi connectivity index (χ1n) is 6.68. The van der Waals surface area contributed by atoms with Crippen LogP contribution in [0.4, 0.5) is 9.52 Å². The first-order valence-corrected chi connectivity index (χ1v) is 7.49. The van der Waals surface area contributed by atoms with Gasteiger partial charge >= 0.3 is 0 Å². The molecule has 102 valence electrons. The summed E-state index contributed by atoms with van der Waals surface area (Å²) in [7, 11) is 0. The summed E-state index contributed by atoms with van der Waals surface area (Å²) in [5, 5.41) is 4.23. The molecule has 2 unspecified atom stereocenters. The zero-order valence-corrected chi connectivity index (χ0v) is 11.7. The lowest BCUT2D eigenvalue weighted by molar-refractivity contribution is 0.0900. The van der Waals surface area contributed by atoms with E-state index in [2.05, 4.69) is 17.2 Å². The molecule has 1 aromatic carbocycles. The van der Waals surface area contributed by atoms with Gasteiger partial charge in [0.2, 0.25) is 0 Å². The van der Waals surface area contributed by atoms with Crippen molar-refractivity contribution in [2.24, 2.45) is 5.92 Å². The molecule has 0 saturated carbocycles. The van der Waals surface area contributed by atoms with Crippen LogP contribution in [0.1, 0.15) is 19.8 Å². The number of hydrogen-bond acceptors (Lipinski definition) is 4. The van der Waals surface area contributed by atoms with Gasteiger partial charge in [-0.05, 0) is 25.0 Å². The fourth-order valence-electron chi connectivity index (χ4n) is 2.57.